The lowest BCUT2D eigenvalue weighted by Gasteiger charge is -2.38. The van der Waals surface area contributed by atoms with Crippen molar-refractivity contribution < 1.29 is 9.53 Å². The van der Waals surface area contributed by atoms with Crippen LogP contribution in [-0.4, -0.2) is 27.7 Å². The van der Waals surface area contributed by atoms with Crippen LogP contribution in [-0.2, 0) is 10.5 Å². The molecule has 2 aromatic carbocycles. The zero-order valence-corrected chi connectivity index (χ0v) is 22.2. The van der Waals surface area contributed by atoms with Crippen LogP contribution in [0.25, 0.3) is 0 Å². The molecule has 176 valence electrons. The summed E-state index contributed by atoms with van der Waals surface area (Å²) in [6.07, 6.45) is 1.24. The van der Waals surface area contributed by atoms with Crippen molar-refractivity contribution >= 4 is 51.0 Å². The van der Waals surface area contributed by atoms with Crippen LogP contribution in [0.4, 0.5) is 5.95 Å². The Hall–Kier alpha value is -2.29. The van der Waals surface area contributed by atoms with E-state index < -0.39 is 6.04 Å². The summed E-state index contributed by atoms with van der Waals surface area (Å²) in [6.45, 7) is 4.24. The van der Waals surface area contributed by atoms with Gasteiger partial charge in [0.05, 0.1) is 7.11 Å². The number of nitrogens with zero attached hydrogens (tertiary/aromatic N) is 3. The number of thioether (sulfide) groups is 1. The summed E-state index contributed by atoms with van der Waals surface area (Å²) in [5.74, 6) is 2.09. The fourth-order valence-corrected chi connectivity index (χ4v) is 6.11. The number of Topliss-reactive ketones (excluding diaryl/α,β-unsaturated/α-hetero) is 1. The number of hydrogen-bond donors (Lipinski definition) is 1. The van der Waals surface area contributed by atoms with E-state index in [0.29, 0.717) is 29.0 Å². The Morgan fingerprint density at radius 1 is 1.26 bits per heavy atom. The minimum absolute atomic E-state index is 0.122. The van der Waals surface area contributed by atoms with Crippen LogP contribution in [0.3, 0.4) is 0 Å². The van der Waals surface area contributed by atoms with Crippen molar-refractivity contribution in [2.24, 2.45) is 5.41 Å². The molecule has 5 rings (SSSR count). The van der Waals surface area contributed by atoms with E-state index in [1.54, 1.807) is 7.11 Å². The summed E-state index contributed by atoms with van der Waals surface area (Å²) in [6, 6.07) is 13.2. The van der Waals surface area contributed by atoms with Gasteiger partial charge >= 0.3 is 0 Å². The summed E-state index contributed by atoms with van der Waals surface area (Å²) in [7, 11) is 1.64. The third-order valence-corrected chi connectivity index (χ3v) is 7.86. The van der Waals surface area contributed by atoms with Crippen molar-refractivity contribution in [3.63, 3.8) is 0 Å². The molecule has 9 heteroatoms. The second-order valence-electron chi connectivity index (χ2n) is 9.29. The summed E-state index contributed by atoms with van der Waals surface area (Å²) >= 11 is 11.4. The van der Waals surface area contributed by atoms with Crippen molar-refractivity contribution in [2.75, 3.05) is 12.4 Å². The van der Waals surface area contributed by atoms with Gasteiger partial charge < -0.3 is 10.1 Å². The molecule has 0 saturated heterocycles. The largest absolute Gasteiger partial charge is 0.496 e. The van der Waals surface area contributed by atoms with Gasteiger partial charge in [-0.1, -0.05) is 71.3 Å². The smallest absolute Gasteiger partial charge is 0.227 e. The maximum absolute atomic E-state index is 13.4. The minimum atomic E-state index is -0.426. The highest BCUT2D eigenvalue weighted by molar-refractivity contribution is 9.10. The Balaban J connectivity index is 1.59. The molecule has 0 saturated carbocycles. The zero-order chi connectivity index (χ0) is 24.0. The first-order valence-corrected chi connectivity index (χ1v) is 13.1. The molecule has 1 unspecified atom stereocenters. The quantitative estimate of drug-likeness (QED) is 0.353. The Bertz CT molecular complexity index is 1320. The van der Waals surface area contributed by atoms with Gasteiger partial charge in [0.25, 0.3) is 0 Å². The van der Waals surface area contributed by atoms with Crippen molar-refractivity contribution in [1.29, 1.82) is 0 Å². The summed E-state index contributed by atoms with van der Waals surface area (Å²) in [5.41, 5.74) is 3.41. The average molecular weight is 560 g/mol. The first-order chi connectivity index (χ1) is 16.3. The van der Waals surface area contributed by atoms with Crippen molar-refractivity contribution in [3.05, 3.63) is 74.4 Å². The SMILES string of the molecule is COc1ccc(Br)cc1C1C2=C(CC(C)(C)CC2=O)Nc2nc(SCc3ccccc3Cl)nn21. The first kappa shape index (κ1) is 23.5. The highest BCUT2D eigenvalue weighted by Gasteiger charge is 2.42. The number of nitrogens with one attached hydrogen (secondary N) is 1. The molecule has 2 aliphatic rings. The number of carbonyl (C=O) groups is 1. The van der Waals surface area contributed by atoms with Crippen molar-refractivity contribution in [1.82, 2.24) is 14.8 Å². The van der Waals surface area contributed by atoms with Crippen molar-refractivity contribution in [2.45, 2.75) is 43.6 Å². The molecule has 1 aliphatic carbocycles. The van der Waals surface area contributed by atoms with Gasteiger partial charge in [-0.2, -0.15) is 4.98 Å². The molecule has 1 aromatic heterocycles. The Kier molecular flexibility index (Phi) is 6.25. The molecule has 0 spiro atoms. The summed E-state index contributed by atoms with van der Waals surface area (Å²) in [5, 5.41) is 9.59. The molecule has 6 nitrogen and oxygen atoms in total. The number of rotatable bonds is 5. The number of halogens is 2. The fraction of sp³-hybridized carbons (Fsp3) is 0.320. The second kappa shape index (κ2) is 9.06. The lowest BCUT2D eigenvalue weighted by atomic mass is 9.73. The van der Waals surface area contributed by atoms with Crippen LogP contribution in [0.5, 0.6) is 5.75 Å². The lowest BCUT2D eigenvalue weighted by Crippen LogP contribution is -2.36. The first-order valence-electron chi connectivity index (χ1n) is 11.0. The van der Waals surface area contributed by atoms with Gasteiger partial charge in [0.1, 0.15) is 11.8 Å². The number of anilines is 1. The Morgan fingerprint density at radius 3 is 2.82 bits per heavy atom. The number of ether oxygens (including phenoxy) is 1. The molecular formula is C25H24BrClN4O2S. The molecule has 0 bridgehead atoms. The second-order valence-corrected chi connectivity index (χ2v) is 11.6. The molecule has 0 amide bonds. The van der Waals surface area contributed by atoms with E-state index in [1.165, 1.54) is 11.8 Å². The molecule has 0 radical (unpaired) electrons. The molecule has 1 N–H and O–H groups in total. The van der Waals surface area contributed by atoms with Gasteiger partial charge in [-0.05, 0) is 41.7 Å². The lowest BCUT2D eigenvalue weighted by molar-refractivity contribution is -0.118. The van der Waals surface area contributed by atoms with Gasteiger partial charge in [-0.25, -0.2) is 4.68 Å². The normalized spacial score (nSPS) is 18.9. The zero-order valence-electron chi connectivity index (χ0n) is 19.1. The Morgan fingerprint density at radius 2 is 2.06 bits per heavy atom. The van der Waals surface area contributed by atoms with Crippen LogP contribution in [0, 0.1) is 5.41 Å². The van der Waals surface area contributed by atoms with Crippen LogP contribution in [0.2, 0.25) is 5.02 Å². The van der Waals surface area contributed by atoms with Gasteiger partial charge in [0, 0.05) is 38.5 Å². The predicted molar refractivity (Wildman–Crippen MR) is 139 cm³/mol. The minimum Gasteiger partial charge on any atom is -0.496 e. The predicted octanol–water partition coefficient (Wildman–Crippen LogP) is 6.65. The number of hydrogen-bond acceptors (Lipinski definition) is 6. The van der Waals surface area contributed by atoms with E-state index in [4.69, 9.17) is 26.4 Å². The highest BCUT2D eigenvalue weighted by atomic mass is 79.9. The van der Waals surface area contributed by atoms with Gasteiger partial charge in [-0.15, -0.1) is 5.10 Å². The van der Waals surface area contributed by atoms with Crippen LogP contribution < -0.4 is 10.1 Å². The molecule has 1 atom stereocenters. The average Bonchev–Trinajstić information content (AvgIpc) is 3.18. The molecule has 1 aliphatic heterocycles. The standard InChI is InChI=1S/C25H24BrClN4O2S/c1-25(2)11-18-21(19(32)12-25)22(16-10-15(26)8-9-20(16)33-3)31-23(28-18)29-24(30-31)34-13-14-6-4-5-7-17(14)27/h4-10,22H,11-13H2,1-3H3,(H,28,29,30). The van der Waals surface area contributed by atoms with E-state index in [9.17, 15) is 4.79 Å². The number of aromatic nitrogens is 3. The number of methoxy groups -OCH3 is 1. The van der Waals surface area contributed by atoms with Gasteiger partial charge in [0.15, 0.2) is 5.78 Å². The number of fused-ring (bicyclic) bond motifs is 1. The molecule has 0 fully saturated rings. The van der Waals surface area contributed by atoms with E-state index in [-0.39, 0.29) is 11.2 Å². The summed E-state index contributed by atoms with van der Waals surface area (Å²) in [4.78, 5) is 18.2. The van der Waals surface area contributed by atoms with Gasteiger partial charge in [-0.3, -0.25) is 4.79 Å². The molecular weight excluding hydrogens is 536 g/mol. The molecule has 2 heterocycles. The van der Waals surface area contributed by atoms with Crippen LogP contribution in [0.1, 0.15) is 43.9 Å². The number of benzene rings is 2. The third-order valence-electron chi connectivity index (χ3n) is 6.11. The molecule has 34 heavy (non-hydrogen) atoms. The Labute approximate surface area is 216 Å². The van der Waals surface area contributed by atoms with Crippen LogP contribution >= 0.6 is 39.3 Å². The highest BCUT2D eigenvalue weighted by Crippen LogP contribution is 2.47. The van der Waals surface area contributed by atoms with E-state index in [2.05, 4.69) is 35.1 Å². The number of carbonyl (C=O) groups excluding carboxylic acids is 1. The molecule has 3 aromatic rings. The van der Waals surface area contributed by atoms with Crippen LogP contribution in [0.15, 0.2) is 63.4 Å². The number of ketones is 1. The number of allylic oxidation sites excluding steroid dienone is 2. The monoisotopic (exact) mass is 558 g/mol. The van der Waals surface area contributed by atoms with E-state index in [0.717, 1.165) is 38.3 Å². The fourth-order valence-electron chi connectivity index (χ4n) is 4.61. The van der Waals surface area contributed by atoms with E-state index >= 15 is 0 Å². The third kappa shape index (κ3) is 4.39. The maximum atomic E-state index is 13.4. The van der Waals surface area contributed by atoms with Gasteiger partial charge in [0.2, 0.25) is 11.1 Å². The van der Waals surface area contributed by atoms with E-state index in [1.807, 2.05) is 47.1 Å². The summed E-state index contributed by atoms with van der Waals surface area (Å²) < 4.78 is 8.41. The topological polar surface area (TPSA) is 69.0 Å². The maximum Gasteiger partial charge on any atom is 0.227 e. The van der Waals surface area contributed by atoms with Crippen molar-refractivity contribution in [3.8, 4) is 5.75 Å².